The van der Waals surface area contributed by atoms with Gasteiger partial charge in [-0.2, -0.15) is 0 Å². The molecule has 1 aromatic heterocycles. The molecule has 2 amide bonds. The Bertz CT molecular complexity index is 753. The van der Waals surface area contributed by atoms with Crippen LogP contribution in [0.2, 0.25) is 0 Å². The molecule has 0 spiro atoms. The first kappa shape index (κ1) is 17.0. The number of hydrogen-bond donors (Lipinski definition) is 1. The Labute approximate surface area is 154 Å². The van der Waals surface area contributed by atoms with Crippen LogP contribution in [0.4, 0.5) is 4.79 Å². The summed E-state index contributed by atoms with van der Waals surface area (Å²) in [7, 11) is 0. The first-order valence-corrected chi connectivity index (χ1v) is 9.62. The lowest BCUT2D eigenvalue weighted by Gasteiger charge is -2.29. The lowest BCUT2D eigenvalue weighted by Crippen LogP contribution is -2.41. The maximum Gasteiger partial charge on any atom is 0.318 e. The third-order valence-corrected chi connectivity index (χ3v) is 5.44. The second kappa shape index (κ2) is 7.44. The van der Waals surface area contributed by atoms with Crippen molar-refractivity contribution < 1.29 is 13.9 Å². The fourth-order valence-corrected chi connectivity index (χ4v) is 4.18. The summed E-state index contributed by atoms with van der Waals surface area (Å²) in [5, 5.41) is 3.24. The second-order valence-corrected chi connectivity index (χ2v) is 7.05. The summed E-state index contributed by atoms with van der Waals surface area (Å²) < 4.78 is 11.1. The summed E-state index contributed by atoms with van der Waals surface area (Å²) in [5.74, 6) is 1.89. The van der Waals surface area contributed by atoms with Crippen LogP contribution in [0.25, 0.3) is 0 Å². The molecule has 1 fully saturated rings. The molecule has 0 radical (unpaired) electrons. The van der Waals surface area contributed by atoms with Crippen LogP contribution < -0.4 is 10.1 Å². The molecule has 26 heavy (non-hydrogen) atoms. The lowest BCUT2D eigenvalue weighted by molar-refractivity contribution is 0.187. The molecule has 1 aromatic carbocycles. The Morgan fingerprint density at radius 1 is 1.23 bits per heavy atom. The summed E-state index contributed by atoms with van der Waals surface area (Å²) in [4.78, 5) is 14.9. The minimum Gasteiger partial charge on any atom is -0.494 e. The smallest absolute Gasteiger partial charge is 0.318 e. The Balaban J connectivity index is 1.46. The van der Waals surface area contributed by atoms with Crippen LogP contribution in [0.5, 0.6) is 5.75 Å². The molecule has 5 nitrogen and oxygen atoms in total. The number of aryl methyl sites for hydroxylation is 1. The maximum absolute atomic E-state index is 13.0. The molecule has 138 valence electrons. The maximum atomic E-state index is 13.0. The molecule has 1 aliphatic carbocycles. The molecular weight excluding hydrogens is 328 g/mol. The predicted molar refractivity (Wildman–Crippen MR) is 99.2 cm³/mol. The fourth-order valence-electron chi connectivity index (χ4n) is 4.18. The zero-order chi connectivity index (χ0) is 17.9. The van der Waals surface area contributed by atoms with Crippen molar-refractivity contribution >= 4 is 6.03 Å². The van der Waals surface area contributed by atoms with E-state index in [1.807, 2.05) is 30.0 Å². The summed E-state index contributed by atoms with van der Waals surface area (Å²) in [6, 6.07) is 10.4. The number of furan rings is 1. The van der Waals surface area contributed by atoms with Crippen LogP contribution in [0, 0.1) is 0 Å². The van der Waals surface area contributed by atoms with E-state index >= 15 is 0 Å². The topological polar surface area (TPSA) is 54.7 Å². The van der Waals surface area contributed by atoms with E-state index in [1.54, 1.807) is 6.26 Å². The van der Waals surface area contributed by atoms with E-state index in [1.165, 1.54) is 5.56 Å². The summed E-state index contributed by atoms with van der Waals surface area (Å²) in [5.41, 5.74) is 2.31. The van der Waals surface area contributed by atoms with E-state index in [2.05, 4.69) is 17.4 Å². The number of nitrogens with zero attached hydrogens (tertiary/aromatic N) is 1. The highest BCUT2D eigenvalue weighted by Crippen LogP contribution is 2.35. The van der Waals surface area contributed by atoms with Crippen molar-refractivity contribution in [1.82, 2.24) is 10.2 Å². The van der Waals surface area contributed by atoms with Crippen LogP contribution in [0.15, 0.2) is 41.0 Å². The van der Waals surface area contributed by atoms with Crippen molar-refractivity contribution in [3.8, 4) is 5.75 Å². The molecule has 2 aliphatic rings. The molecule has 4 rings (SSSR count). The van der Waals surface area contributed by atoms with Crippen molar-refractivity contribution in [2.75, 3.05) is 13.2 Å². The number of benzene rings is 1. The quantitative estimate of drug-likeness (QED) is 0.873. The molecular formula is C21H26N2O3. The van der Waals surface area contributed by atoms with Gasteiger partial charge in [0.05, 0.1) is 25.0 Å². The van der Waals surface area contributed by atoms with Gasteiger partial charge in [0.2, 0.25) is 0 Å². The number of urea groups is 1. The van der Waals surface area contributed by atoms with Crippen molar-refractivity contribution in [2.45, 2.75) is 51.1 Å². The van der Waals surface area contributed by atoms with Gasteiger partial charge in [0.1, 0.15) is 11.5 Å². The zero-order valence-electron chi connectivity index (χ0n) is 15.2. The average Bonchev–Trinajstić information content (AvgIpc) is 3.32. The Morgan fingerprint density at radius 2 is 2.08 bits per heavy atom. The number of carbonyl (C=O) groups excluding carboxylic acids is 1. The molecule has 2 heterocycles. The lowest BCUT2D eigenvalue weighted by atomic mass is 9.93. The number of hydrogen-bond acceptors (Lipinski definition) is 3. The van der Waals surface area contributed by atoms with Gasteiger partial charge in [-0.1, -0.05) is 12.1 Å². The van der Waals surface area contributed by atoms with Crippen molar-refractivity contribution in [3.63, 3.8) is 0 Å². The van der Waals surface area contributed by atoms with Crippen LogP contribution in [0.1, 0.15) is 61.6 Å². The minimum absolute atomic E-state index is 0.0282. The van der Waals surface area contributed by atoms with Gasteiger partial charge in [0.15, 0.2) is 0 Å². The van der Waals surface area contributed by atoms with Gasteiger partial charge in [-0.15, -0.1) is 0 Å². The van der Waals surface area contributed by atoms with Crippen LogP contribution >= 0.6 is 0 Å². The van der Waals surface area contributed by atoms with E-state index in [0.717, 1.165) is 55.7 Å². The zero-order valence-corrected chi connectivity index (χ0v) is 15.2. The van der Waals surface area contributed by atoms with Gasteiger partial charge in [-0.05, 0) is 56.4 Å². The van der Waals surface area contributed by atoms with E-state index in [-0.39, 0.29) is 18.1 Å². The number of nitrogens with one attached hydrogen (secondary N) is 1. The van der Waals surface area contributed by atoms with Gasteiger partial charge < -0.3 is 19.4 Å². The van der Waals surface area contributed by atoms with Gasteiger partial charge in [-0.3, -0.25) is 0 Å². The molecule has 2 aromatic rings. The van der Waals surface area contributed by atoms with Crippen LogP contribution in [-0.4, -0.2) is 24.1 Å². The van der Waals surface area contributed by atoms with Crippen molar-refractivity contribution in [2.24, 2.45) is 0 Å². The third-order valence-electron chi connectivity index (χ3n) is 5.44. The highest BCUT2D eigenvalue weighted by atomic mass is 16.5. The molecule has 1 aliphatic heterocycles. The third kappa shape index (κ3) is 3.30. The SMILES string of the molecule is CCOc1ccc(C2CCCN2C(=O)NC2CCCc3occc32)cc1. The molecule has 1 saturated heterocycles. The van der Waals surface area contributed by atoms with E-state index in [9.17, 15) is 4.79 Å². The van der Waals surface area contributed by atoms with Crippen molar-refractivity contribution in [1.29, 1.82) is 0 Å². The molecule has 2 atom stereocenters. The number of fused-ring (bicyclic) bond motifs is 1. The number of amides is 2. The second-order valence-electron chi connectivity index (χ2n) is 7.05. The largest absolute Gasteiger partial charge is 0.494 e. The molecule has 0 bridgehead atoms. The average molecular weight is 354 g/mol. The number of likely N-dealkylation sites (tertiary alicyclic amines) is 1. The summed E-state index contributed by atoms with van der Waals surface area (Å²) in [6.07, 6.45) is 6.75. The number of carbonyl (C=O) groups is 1. The highest BCUT2D eigenvalue weighted by Gasteiger charge is 2.32. The van der Waals surface area contributed by atoms with E-state index < -0.39 is 0 Å². The molecule has 1 N–H and O–H groups in total. The molecule has 2 unspecified atom stereocenters. The standard InChI is InChI=1S/C21H26N2O3/c1-2-25-16-10-8-15(9-11-16)19-6-4-13-23(19)21(24)22-18-5-3-7-20-17(18)12-14-26-20/h8-12,14,18-19H,2-7,13H2,1H3,(H,22,24). The molecule has 5 heteroatoms. The first-order valence-electron chi connectivity index (χ1n) is 9.62. The van der Waals surface area contributed by atoms with E-state index in [4.69, 9.17) is 9.15 Å². The number of ether oxygens (including phenoxy) is 1. The predicted octanol–water partition coefficient (Wildman–Crippen LogP) is 4.60. The highest BCUT2D eigenvalue weighted by molar-refractivity contribution is 5.75. The van der Waals surface area contributed by atoms with E-state index in [0.29, 0.717) is 6.61 Å². The summed E-state index contributed by atoms with van der Waals surface area (Å²) in [6.45, 7) is 3.44. The van der Waals surface area contributed by atoms with Gasteiger partial charge >= 0.3 is 6.03 Å². The van der Waals surface area contributed by atoms with Crippen molar-refractivity contribution in [3.05, 3.63) is 53.5 Å². The Hall–Kier alpha value is -2.43. The normalized spacial score (nSPS) is 22.1. The first-order chi connectivity index (χ1) is 12.8. The minimum atomic E-state index is 0.0282. The van der Waals surface area contributed by atoms with Crippen LogP contribution in [-0.2, 0) is 6.42 Å². The van der Waals surface area contributed by atoms with Gasteiger partial charge in [0.25, 0.3) is 0 Å². The summed E-state index contributed by atoms with van der Waals surface area (Å²) >= 11 is 0. The molecule has 0 saturated carbocycles. The van der Waals surface area contributed by atoms with Crippen LogP contribution in [0.3, 0.4) is 0 Å². The van der Waals surface area contributed by atoms with Gasteiger partial charge in [-0.25, -0.2) is 4.79 Å². The Morgan fingerprint density at radius 3 is 2.88 bits per heavy atom. The fraction of sp³-hybridized carbons (Fsp3) is 0.476. The van der Waals surface area contributed by atoms with Gasteiger partial charge in [0, 0.05) is 18.5 Å². The monoisotopic (exact) mass is 354 g/mol. The Kier molecular flexibility index (Phi) is 4.87. The number of rotatable bonds is 4.